The lowest BCUT2D eigenvalue weighted by atomic mass is 9.80. The molecule has 2 bridgehead atoms. The molecule has 3 rings (SSSR count). The van der Waals surface area contributed by atoms with E-state index in [0.29, 0.717) is 5.41 Å². The van der Waals surface area contributed by atoms with Crippen LogP contribution in [0.1, 0.15) is 30.4 Å². The predicted octanol–water partition coefficient (Wildman–Crippen LogP) is 3.60. The van der Waals surface area contributed by atoms with Crippen LogP contribution >= 0.6 is 0 Å². The van der Waals surface area contributed by atoms with Gasteiger partial charge in [0.2, 0.25) is 0 Å². The standard InChI is InChI=1S/C14H16/c1-11-3-2-4-13(9-11)14-7-5-12(10-14)6-8-14/h2-5,7,9,12H,6,8,10H2,1H3. The van der Waals surface area contributed by atoms with Gasteiger partial charge in [0.1, 0.15) is 0 Å². The molecule has 0 nitrogen and oxygen atoms in total. The molecule has 0 amide bonds. The molecule has 2 atom stereocenters. The number of fused-ring (bicyclic) bond motifs is 2. The maximum atomic E-state index is 2.45. The number of allylic oxidation sites excluding steroid dienone is 2. The summed E-state index contributed by atoms with van der Waals surface area (Å²) in [6.07, 6.45) is 8.99. The molecule has 2 aliphatic rings. The molecule has 2 unspecified atom stereocenters. The summed E-state index contributed by atoms with van der Waals surface area (Å²) < 4.78 is 0. The van der Waals surface area contributed by atoms with Gasteiger partial charge in [-0.15, -0.1) is 0 Å². The third-order valence-electron chi connectivity index (χ3n) is 3.87. The molecule has 1 fully saturated rings. The molecule has 0 spiro atoms. The van der Waals surface area contributed by atoms with Crippen molar-refractivity contribution in [3.63, 3.8) is 0 Å². The van der Waals surface area contributed by atoms with Crippen LogP contribution in [-0.2, 0) is 5.41 Å². The van der Waals surface area contributed by atoms with Crippen LogP contribution in [0.25, 0.3) is 0 Å². The van der Waals surface area contributed by atoms with Crippen LogP contribution in [0.3, 0.4) is 0 Å². The minimum absolute atomic E-state index is 0.413. The maximum Gasteiger partial charge on any atom is 0.0138 e. The molecule has 0 N–H and O–H groups in total. The maximum absolute atomic E-state index is 2.45. The van der Waals surface area contributed by atoms with E-state index in [0.717, 1.165) is 5.92 Å². The Hall–Kier alpha value is -1.04. The smallest absolute Gasteiger partial charge is 0.0138 e. The quantitative estimate of drug-likeness (QED) is 0.585. The van der Waals surface area contributed by atoms with Crippen LogP contribution in [-0.4, -0.2) is 0 Å². The zero-order chi connectivity index (χ0) is 9.60. The predicted molar refractivity (Wildman–Crippen MR) is 59.3 cm³/mol. The average Bonchev–Trinajstić information content (AvgIpc) is 2.78. The Labute approximate surface area is 85.6 Å². The third-order valence-corrected chi connectivity index (χ3v) is 3.87. The molecule has 0 aromatic heterocycles. The molecule has 14 heavy (non-hydrogen) atoms. The van der Waals surface area contributed by atoms with Crippen molar-refractivity contribution in [2.45, 2.75) is 31.6 Å². The second-order valence-corrected chi connectivity index (χ2v) is 4.89. The first kappa shape index (κ1) is 8.28. The van der Waals surface area contributed by atoms with Crippen molar-refractivity contribution in [3.05, 3.63) is 47.5 Å². The van der Waals surface area contributed by atoms with Crippen molar-refractivity contribution in [2.24, 2.45) is 5.92 Å². The van der Waals surface area contributed by atoms with Crippen LogP contribution in [0.4, 0.5) is 0 Å². The fourth-order valence-corrected chi connectivity index (χ4v) is 3.06. The van der Waals surface area contributed by atoms with E-state index in [2.05, 4.69) is 43.3 Å². The minimum Gasteiger partial charge on any atom is -0.0845 e. The van der Waals surface area contributed by atoms with Gasteiger partial charge in [-0.05, 0) is 37.7 Å². The van der Waals surface area contributed by atoms with E-state index in [1.807, 2.05) is 0 Å². The lowest BCUT2D eigenvalue weighted by Crippen LogP contribution is -2.17. The third kappa shape index (κ3) is 1.06. The Balaban J connectivity index is 2.06. The molecule has 0 radical (unpaired) electrons. The summed E-state index contributed by atoms with van der Waals surface area (Å²) in [5, 5.41) is 0. The molecular weight excluding hydrogens is 168 g/mol. The normalized spacial score (nSPS) is 33.9. The highest BCUT2D eigenvalue weighted by atomic mass is 14.4. The van der Waals surface area contributed by atoms with Gasteiger partial charge in [0.05, 0.1) is 0 Å². The Kier molecular flexibility index (Phi) is 1.61. The highest BCUT2D eigenvalue weighted by molar-refractivity contribution is 5.38. The highest BCUT2D eigenvalue weighted by Gasteiger charge is 2.41. The van der Waals surface area contributed by atoms with E-state index >= 15 is 0 Å². The number of hydrogen-bond donors (Lipinski definition) is 0. The van der Waals surface area contributed by atoms with Gasteiger partial charge < -0.3 is 0 Å². The molecule has 1 aromatic rings. The van der Waals surface area contributed by atoms with Gasteiger partial charge in [0.25, 0.3) is 0 Å². The van der Waals surface area contributed by atoms with E-state index in [-0.39, 0.29) is 0 Å². The zero-order valence-electron chi connectivity index (χ0n) is 8.66. The second kappa shape index (κ2) is 2.73. The Bertz CT molecular complexity index is 389. The number of hydrogen-bond acceptors (Lipinski definition) is 0. The number of aryl methyl sites for hydroxylation is 1. The summed E-state index contributed by atoms with van der Waals surface area (Å²) >= 11 is 0. The Morgan fingerprint density at radius 3 is 2.86 bits per heavy atom. The van der Waals surface area contributed by atoms with E-state index in [9.17, 15) is 0 Å². The average molecular weight is 184 g/mol. The highest BCUT2D eigenvalue weighted by Crippen LogP contribution is 2.50. The van der Waals surface area contributed by atoms with Crippen molar-refractivity contribution < 1.29 is 0 Å². The fraction of sp³-hybridized carbons (Fsp3) is 0.429. The lowest BCUT2D eigenvalue weighted by Gasteiger charge is -2.24. The van der Waals surface area contributed by atoms with E-state index in [4.69, 9.17) is 0 Å². The molecule has 2 aliphatic carbocycles. The molecule has 0 heteroatoms. The topological polar surface area (TPSA) is 0 Å². The van der Waals surface area contributed by atoms with Crippen molar-refractivity contribution in [1.82, 2.24) is 0 Å². The van der Waals surface area contributed by atoms with Crippen LogP contribution in [0.2, 0.25) is 0 Å². The SMILES string of the molecule is Cc1cccc(C23C=CC(CC2)C3)c1. The summed E-state index contributed by atoms with van der Waals surface area (Å²) in [5.74, 6) is 0.871. The van der Waals surface area contributed by atoms with Crippen molar-refractivity contribution in [3.8, 4) is 0 Å². The molecular formula is C14H16. The second-order valence-electron chi connectivity index (χ2n) is 4.89. The first-order valence-corrected chi connectivity index (χ1v) is 5.55. The molecule has 1 aromatic carbocycles. The summed E-state index contributed by atoms with van der Waals surface area (Å²) in [5.41, 5.74) is 3.34. The van der Waals surface area contributed by atoms with Gasteiger partial charge in [-0.25, -0.2) is 0 Å². The molecule has 0 heterocycles. The van der Waals surface area contributed by atoms with Crippen LogP contribution < -0.4 is 0 Å². The summed E-state index contributed by atoms with van der Waals surface area (Å²) in [6, 6.07) is 9.03. The van der Waals surface area contributed by atoms with Crippen LogP contribution in [0.5, 0.6) is 0 Å². The first-order chi connectivity index (χ1) is 6.78. The van der Waals surface area contributed by atoms with Crippen LogP contribution in [0.15, 0.2) is 36.4 Å². The number of benzene rings is 1. The van der Waals surface area contributed by atoms with Gasteiger partial charge in [-0.3, -0.25) is 0 Å². The summed E-state index contributed by atoms with van der Waals surface area (Å²) in [4.78, 5) is 0. The monoisotopic (exact) mass is 184 g/mol. The Morgan fingerprint density at radius 2 is 2.29 bits per heavy atom. The van der Waals surface area contributed by atoms with Gasteiger partial charge in [0.15, 0.2) is 0 Å². The van der Waals surface area contributed by atoms with Gasteiger partial charge >= 0.3 is 0 Å². The largest absolute Gasteiger partial charge is 0.0845 e. The van der Waals surface area contributed by atoms with E-state index in [1.165, 1.54) is 30.4 Å². The van der Waals surface area contributed by atoms with Crippen molar-refractivity contribution in [2.75, 3.05) is 0 Å². The summed E-state index contributed by atoms with van der Waals surface area (Å²) in [7, 11) is 0. The van der Waals surface area contributed by atoms with Gasteiger partial charge in [-0.2, -0.15) is 0 Å². The zero-order valence-corrected chi connectivity index (χ0v) is 8.66. The molecule has 0 saturated heterocycles. The van der Waals surface area contributed by atoms with E-state index < -0.39 is 0 Å². The molecule has 72 valence electrons. The molecule has 0 aliphatic heterocycles. The fourth-order valence-electron chi connectivity index (χ4n) is 3.06. The molecule has 1 saturated carbocycles. The van der Waals surface area contributed by atoms with E-state index in [1.54, 1.807) is 0 Å². The van der Waals surface area contributed by atoms with Crippen molar-refractivity contribution in [1.29, 1.82) is 0 Å². The number of rotatable bonds is 1. The summed E-state index contributed by atoms with van der Waals surface area (Å²) in [6.45, 7) is 2.19. The first-order valence-electron chi connectivity index (χ1n) is 5.55. The van der Waals surface area contributed by atoms with Gasteiger partial charge in [0, 0.05) is 5.41 Å². The van der Waals surface area contributed by atoms with Crippen molar-refractivity contribution >= 4 is 0 Å². The van der Waals surface area contributed by atoms with Crippen LogP contribution in [0, 0.1) is 12.8 Å². The van der Waals surface area contributed by atoms with Gasteiger partial charge in [-0.1, -0.05) is 42.0 Å². The Morgan fingerprint density at radius 1 is 1.36 bits per heavy atom. The lowest BCUT2D eigenvalue weighted by molar-refractivity contribution is 0.566. The minimum atomic E-state index is 0.413.